The van der Waals surface area contributed by atoms with Crippen LogP contribution in [-0.4, -0.2) is 5.11 Å². The summed E-state index contributed by atoms with van der Waals surface area (Å²) in [5.41, 5.74) is 5.94. The third-order valence-electron chi connectivity index (χ3n) is 3.49. The van der Waals surface area contributed by atoms with Crippen molar-refractivity contribution in [2.24, 2.45) is 0 Å². The highest BCUT2D eigenvalue weighted by Gasteiger charge is 2.19. The van der Waals surface area contributed by atoms with Crippen LogP contribution >= 0.6 is 0 Å². The van der Waals surface area contributed by atoms with Crippen LogP contribution in [-0.2, 0) is 6.42 Å². The molecule has 0 saturated heterocycles. The number of hydrogen-bond donors (Lipinski definition) is 1. The summed E-state index contributed by atoms with van der Waals surface area (Å²) < 4.78 is 0. The molecule has 0 amide bonds. The molecule has 1 N–H and O–H groups in total. The van der Waals surface area contributed by atoms with Gasteiger partial charge in [0.15, 0.2) is 0 Å². The third kappa shape index (κ3) is 1.70. The zero-order valence-corrected chi connectivity index (χ0v) is 9.93. The minimum atomic E-state index is -0.677. The zero-order chi connectivity index (χ0) is 12.5. The van der Waals surface area contributed by atoms with Crippen LogP contribution in [0.5, 0.6) is 0 Å². The van der Waals surface area contributed by atoms with Gasteiger partial charge in [0.05, 0.1) is 18.6 Å². The van der Waals surface area contributed by atoms with Crippen molar-refractivity contribution >= 4 is 0 Å². The SMILES string of the molecule is N#CCC(O)c1ccc2c(c1)Cc1ccccc1-2. The summed E-state index contributed by atoms with van der Waals surface area (Å²) in [6.45, 7) is 0. The first kappa shape index (κ1) is 11.0. The van der Waals surface area contributed by atoms with Crippen molar-refractivity contribution < 1.29 is 5.11 Å². The van der Waals surface area contributed by atoms with E-state index in [1.165, 1.54) is 22.3 Å². The molecule has 1 atom stereocenters. The summed E-state index contributed by atoms with van der Waals surface area (Å²) in [4.78, 5) is 0. The van der Waals surface area contributed by atoms with Crippen LogP contribution in [0.4, 0.5) is 0 Å². The Kier molecular flexibility index (Phi) is 2.62. The summed E-state index contributed by atoms with van der Waals surface area (Å²) >= 11 is 0. The van der Waals surface area contributed by atoms with Gasteiger partial charge in [0.25, 0.3) is 0 Å². The average Bonchev–Trinajstić information content (AvgIpc) is 2.76. The van der Waals surface area contributed by atoms with Crippen LogP contribution in [0.2, 0.25) is 0 Å². The van der Waals surface area contributed by atoms with Crippen molar-refractivity contribution in [1.29, 1.82) is 5.26 Å². The molecule has 0 aliphatic heterocycles. The Morgan fingerprint density at radius 3 is 2.72 bits per heavy atom. The molecule has 0 aromatic heterocycles. The van der Waals surface area contributed by atoms with Crippen LogP contribution in [0.1, 0.15) is 29.2 Å². The van der Waals surface area contributed by atoms with Crippen molar-refractivity contribution in [2.75, 3.05) is 0 Å². The molecular formula is C16H13NO. The van der Waals surface area contributed by atoms with Crippen molar-refractivity contribution in [2.45, 2.75) is 18.9 Å². The van der Waals surface area contributed by atoms with Crippen molar-refractivity contribution in [1.82, 2.24) is 0 Å². The van der Waals surface area contributed by atoms with E-state index in [0.717, 1.165) is 12.0 Å². The molecule has 0 fully saturated rings. The van der Waals surface area contributed by atoms with Crippen LogP contribution in [0.3, 0.4) is 0 Å². The van der Waals surface area contributed by atoms with Gasteiger partial charge in [-0.25, -0.2) is 0 Å². The first-order valence-corrected chi connectivity index (χ1v) is 6.05. The first-order valence-electron chi connectivity index (χ1n) is 6.05. The highest BCUT2D eigenvalue weighted by Crippen LogP contribution is 2.37. The van der Waals surface area contributed by atoms with Gasteiger partial charge in [0.2, 0.25) is 0 Å². The quantitative estimate of drug-likeness (QED) is 0.741. The van der Waals surface area contributed by atoms with E-state index >= 15 is 0 Å². The van der Waals surface area contributed by atoms with Gasteiger partial charge < -0.3 is 5.11 Å². The van der Waals surface area contributed by atoms with Gasteiger partial charge >= 0.3 is 0 Å². The zero-order valence-electron chi connectivity index (χ0n) is 9.93. The highest BCUT2D eigenvalue weighted by molar-refractivity contribution is 5.76. The minimum Gasteiger partial charge on any atom is -0.387 e. The van der Waals surface area contributed by atoms with E-state index in [1.807, 2.05) is 24.3 Å². The molecule has 1 unspecified atom stereocenters. The molecule has 1 aliphatic rings. The molecule has 2 heteroatoms. The van der Waals surface area contributed by atoms with Gasteiger partial charge in [0.1, 0.15) is 0 Å². The molecule has 2 aromatic rings. The lowest BCUT2D eigenvalue weighted by Gasteiger charge is -2.09. The number of hydrogen-bond acceptors (Lipinski definition) is 2. The van der Waals surface area contributed by atoms with Gasteiger partial charge in [-0.3, -0.25) is 0 Å². The van der Waals surface area contributed by atoms with Crippen LogP contribution in [0, 0.1) is 11.3 Å². The number of aliphatic hydroxyl groups excluding tert-OH is 1. The molecule has 0 saturated carbocycles. The number of nitriles is 1. The number of rotatable bonds is 2. The lowest BCUT2D eigenvalue weighted by molar-refractivity contribution is 0.183. The monoisotopic (exact) mass is 235 g/mol. The maximum Gasteiger partial charge on any atom is 0.0920 e. The van der Waals surface area contributed by atoms with E-state index in [1.54, 1.807) is 0 Å². The largest absolute Gasteiger partial charge is 0.387 e. The van der Waals surface area contributed by atoms with Crippen molar-refractivity contribution in [3.05, 3.63) is 59.2 Å². The Bertz CT molecular complexity index is 640. The smallest absolute Gasteiger partial charge is 0.0920 e. The molecule has 0 heterocycles. The Labute approximate surface area is 106 Å². The Morgan fingerprint density at radius 2 is 1.89 bits per heavy atom. The Morgan fingerprint density at radius 1 is 1.11 bits per heavy atom. The van der Waals surface area contributed by atoms with Crippen molar-refractivity contribution in [3.63, 3.8) is 0 Å². The van der Waals surface area contributed by atoms with E-state index < -0.39 is 6.10 Å². The lowest BCUT2D eigenvalue weighted by atomic mass is 10.00. The van der Waals surface area contributed by atoms with Gasteiger partial charge in [0, 0.05) is 0 Å². The maximum atomic E-state index is 9.85. The average molecular weight is 235 g/mol. The predicted octanol–water partition coefficient (Wildman–Crippen LogP) is 3.20. The molecule has 18 heavy (non-hydrogen) atoms. The summed E-state index contributed by atoms with van der Waals surface area (Å²) in [7, 11) is 0. The molecule has 3 rings (SSSR count). The van der Waals surface area contributed by atoms with Gasteiger partial charge in [-0.05, 0) is 34.2 Å². The summed E-state index contributed by atoms with van der Waals surface area (Å²) in [5, 5.41) is 18.5. The van der Waals surface area contributed by atoms with Crippen LogP contribution < -0.4 is 0 Å². The number of aliphatic hydroxyl groups is 1. The Hall–Kier alpha value is -2.11. The standard InChI is InChI=1S/C16H13NO/c17-8-7-16(18)12-5-6-15-13(10-12)9-11-3-1-2-4-14(11)15/h1-6,10,16,18H,7,9H2. The molecule has 88 valence electrons. The lowest BCUT2D eigenvalue weighted by Crippen LogP contribution is -1.96. The van der Waals surface area contributed by atoms with Gasteiger partial charge in [-0.15, -0.1) is 0 Å². The van der Waals surface area contributed by atoms with Gasteiger partial charge in [-0.2, -0.15) is 5.26 Å². The van der Waals surface area contributed by atoms with E-state index in [0.29, 0.717) is 0 Å². The molecule has 0 bridgehead atoms. The second kappa shape index (κ2) is 4.29. The molecule has 0 spiro atoms. The van der Waals surface area contributed by atoms with E-state index in [4.69, 9.17) is 5.26 Å². The molecule has 0 radical (unpaired) electrons. The van der Waals surface area contributed by atoms with Crippen LogP contribution in [0.25, 0.3) is 11.1 Å². The van der Waals surface area contributed by atoms with E-state index in [9.17, 15) is 5.11 Å². The predicted molar refractivity (Wildman–Crippen MR) is 69.9 cm³/mol. The summed E-state index contributed by atoms with van der Waals surface area (Å²) in [6.07, 6.45) is 0.383. The normalized spacial score (nSPS) is 13.6. The summed E-state index contributed by atoms with van der Waals surface area (Å²) in [6, 6.07) is 16.4. The molecule has 2 nitrogen and oxygen atoms in total. The third-order valence-corrected chi connectivity index (χ3v) is 3.49. The number of benzene rings is 2. The van der Waals surface area contributed by atoms with Crippen molar-refractivity contribution in [3.8, 4) is 17.2 Å². The van der Waals surface area contributed by atoms with E-state index in [-0.39, 0.29) is 6.42 Å². The molecule has 2 aromatic carbocycles. The molecular weight excluding hydrogens is 222 g/mol. The molecule has 1 aliphatic carbocycles. The topological polar surface area (TPSA) is 44.0 Å². The first-order chi connectivity index (χ1) is 8.79. The second-order valence-corrected chi connectivity index (χ2v) is 4.63. The number of nitrogens with zero attached hydrogens (tertiary/aromatic N) is 1. The fourth-order valence-electron chi connectivity index (χ4n) is 2.58. The summed E-state index contributed by atoms with van der Waals surface area (Å²) in [5.74, 6) is 0. The maximum absolute atomic E-state index is 9.85. The highest BCUT2D eigenvalue weighted by atomic mass is 16.3. The van der Waals surface area contributed by atoms with Crippen LogP contribution in [0.15, 0.2) is 42.5 Å². The van der Waals surface area contributed by atoms with E-state index in [2.05, 4.69) is 24.3 Å². The fraction of sp³-hybridized carbons (Fsp3) is 0.188. The fourth-order valence-corrected chi connectivity index (χ4v) is 2.58. The number of fused-ring (bicyclic) bond motifs is 3. The minimum absolute atomic E-state index is 0.145. The second-order valence-electron chi connectivity index (χ2n) is 4.63. The van der Waals surface area contributed by atoms with Gasteiger partial charge in [-0.1, -0.05) is 42.5 Å². The Balaban J connectivity index is 2.01.